The quantitative estimate of drug-likeness (QED) is 0.807. The molecule has 1 aliphatic rings. The second-order valence-corrected chi connectivity index (χ2v) is 5.31. The number of fused-ring (bicyclic) bond motifs is 1. The van der Waals surface area contributed by atoms with E-state index in [-0.39, 0.29) is 23.5 Å². The molecule has 4 nitrogen and oxygen atoms in total. The fraction of sp³-hybridized carbons (Fsp3) is 0.400. The number of hydrogen-bond donors (Lipinski definition) is 0. The summed E-state index contributed by atoms with van der Waals surface area (Å²) in [6, 6.07) is 9.43. The first kappa shape index (κ1) is 13.0. The van der Waals surface area contributed by atoms with E-state index in [4.69, 9.17) is 0 Å². The van der Waals surface area contributed by atoms with Gasteiger partial charge in [0, 0.05) is 12.8 Å². The zero-order valence-electron chi connectivity index (χ0n) is 11.5. The van der Waals surface area contributed by atoms with Gasteiger partial charge in [-0.25, -0.2) is 14.1 Å². The van der Waals surface area contributed by atoms with Crippen molar-refractivity contribution in [2.45, 2.75) is 38.4 Å². The first-order valence-corrected chi connectivity index (χ1v) is 6.77. The first-order chi connectivity index (χ1) is 9.53. The van der Waals surface area contributed by atoms with Gasteiger partial charge in [-0.2, -0.15) is 0 Å². The molecule has 1 aliphatic heterocycles. The number of rotatable bonds is 3. The van der Waals surface area contributed by atoms with E-state index in [1.54, 1.807) is 11.6 Å². The van der Waals surface area contributed by atoms with Crippen LogP contribution in [0.5, 0.6) is 0 Å². The van der Waals surface area contributed by atoms with Crippen LogP contribution in [-0.4, -0.2) is 20.5 Å². The Morgan fingerprint density at radius 1 is 1.45 bits per heavy atom. The van der Waals surface area contributed by atoms with Crippen molar-refractivity contribution in [1.29, 1.82) is 0 Å². The van der Waals surface area contributed by atoms with Crippen LogP contribution in [0, 0.1) is 0 Å². The van der Waals surface area contributed by atoms with E-state index in [1.807, 2.05) is 30.3 Å². The molecular formula is C15H16FN3O. The van der Waals surface area contributed by atoms with E-state index in [0.717, 1.165) is 5.56 Å². The van der Waals surface area contributed by atoms with E-state index >= 15 is 0 Å². The van der Waals surface area contributed by atoms with Crippen molar-refractivity contribution in [3.05, 3.63) is 47.5 Å². The molecule has 5 heteroatoms. The Balaban J connectivity index is 2.08. The lowest BCUT2D eigenvalue weighted by Crippen LogP contribution is -2.13. The van der Waals surface area contributed by atoms with Crippen molar-refractivity contribution < 1.29 is 9.18 Å². The minimum atomic E-state index is -1.56. The molecule has 1 aromatic carbocycles. The third kappa shape index (κ3) is 1.94. The molecule has 0 radical (unpaired) electrons. The van der Waals surface area contributed by atoms with Crippen LogP contribution in [-0.2, 0) is 5.67 Å². The van der Waals surface area contributed by atoms with Crippen LogP contribution < -0.4 is 0 Å². The number of hydrogen-bond acceptors (Lipinski definition) is 3. The number of Topliss-reactive ketones (excluding diaryl/α,β-unsaturated/α-hetero) is 1. The van der Waals surface area contributed by atoms with Crippen LogP contribution in [0.1, 0.15) is 54.7 Å². The summed E-state index contributed by atoms with van der Waals surface area (Å²) in [6.45, 7) is 3.24. The topological polar surface area (TPSA) is 47.8 Å². The lowest BCUT2D eigenvalue weighted by atomic mass is 9.98. The first-order valence-electron chi connectivity index (χ1n) is 6.77. The molecule has 20 heavy (non-hydrogen) atoms. The normalized spacial score (nSPS) is 24.6. The number of alkyl halides is 1. The fourth-order valence-corrected chi connectivity index (χ4v) is 2.65. The molecule has 0 bridgehead atoms. The monoisotopic (exact) mass is 273 g/mol. The summed E-state index contributed by atoms with van der Waals surface area (Å²) in [6.07, 6.45) is 0.620. The number of benzene rings is 1. The number of carbonyl (C=O) groups is 1. The second kappa shape index (κ2) is 4.51. The van der Waals surface area contributed by atoms with E-state index < -0.39 is 5.67 Å². The molecule has 2 aromatic rings. The highest BCUT2D eigenvalue weighted by Crippen LogP contribution is 2.43. The maximum Gasteiger partial charge on any atom is 0.217 e. The maximum atomic E-state index is 14.7. The summed E-state index contributed by atoms with van der Waals surface area (Å²) in [7, 11) is 0. The maximum absolute atomic E-state index is 14.7. The molecule has 0 saturated carbocycles. The summed E-state index contributed by atoms with van der Waals surface area (Å²) in [5, 5.41) is 4.23. The van der Waals surface area contributed by atoms with Crippen molar-refractivity contribution in [3.63, 3.8) is 0 Å². The molecule has 2 atom stereocenters. The third-order valence-corrected chi connectivity index (χ3v) is 3.72. The summed E-state index contributed by atoms with van der Waals surface area (Å²) in [5.74, 6) is 0.213. The van der Waals surface area contributed by atoms with E-state index in [0.29, 0.717) is 12.8 Å². The van der Waals surface area contributed by atoms with Gasteiger partial charge in [-0.05, 0) is 12.5 Å². The van der Waals surface area contributed by atoms with E-state index in [2.05, 4.69) is 10.1 Å². The van der Waals surface area contributed by atoms with Gasteiger partial charge in [-0.3, -0.25) is 4.79 Å². The van der Waals surface area contributed by atoms with Crippen LogP contribution >= 0.6 is 0 Å². The highest BCUT2D eigenvalue weighted by molar-refractivity contribution is 5.92. The molecule has 0 fully saturated rings. The van der Waals surface area contributed by atoms with Crippen LogP contribution in [0.2, 0.25) is 0 Å². The van der Waals surface area contributed by atoms with Gasteiger partial charge < -0.3 is 0 Å². The van der Waals surface area contributed by atoms with Gasteiger partial charge in [0.05, 0.1) is 6.04 Å². The van der Waals surface area contributed by atoms with Crippen molar-refractivity contribution in [2.75, 3.05) is 0 Å². The molecule has 0 saturated heterocycles. The Bertz CT molecular complexity index is 648. The molecule has 0 amide bonds. The van der Waals surface area contributed by atoms with Gasteiger partial charge in [-0.1, -0.05) is 37.3 Å². The van der Waals surface area contributed by atoms with Crippen LogP contribution in [0.3, 0.4) is 0 Å². The molecule has 1 aromatic heterocycles. The predicted molar refractivity (Wildman–Crippen MR) is 72.3 cm³/mol. The standard InChI is InChI=1S/C15H16FN3O/c1-3-12(20)13-17-14-15(2,16)9-11(19(14)18-13)10-7-5-4-6-8-10/h4-8,11H,3,9H2,1-2H3. The molecule has 3 rings (SSSR count). The molecular weight excluding hydrogens is 257 g/mol. The summed E-state index contributed by atoms with van der Waals surface area (Å²) >= 11 is 0. The van der Waals surface area contributed by atoms with Gasteiger partial charge in [0.1, 0.15) is 0 Å². The summed E-state index contributed by atoms with van der Waals surface area (Å²) in [4.78, 5) is 15.8. The number of carbonyl (C=O) groups excluding carboxylic acids is 1. The number of halogens is 1. The van der Waals surface area contributed by atoms with Crippen molar-refractivity contribution in [1.82, 2.24) is 14.8 Å². The Morgan fingerprint density at radius 2 is 2.15 bits per heavy atom. The van der Waals surface area contributed by atoms with Gasteiger partial charge in [-0.15, -0.1) is 5.10 Å². The molecule has 0 spiro atoms. The summed E-state index contributed by atoms with van der Waals surface area (Å²) < 4.78 is 16.3. The zero-order valence-corrected chi connectivity index (χ0v) is 11.5. The van der Waals surface area contributed by atoms with E-state index in [1.165, 1.54) is 6.92 Å². The Morgan fingerprint density at radius 3 is 2.80 bits per heavy atom. The van der Waals surface area contributed by atoms with E-state index in [9.17, 15) is 9.18 Å². The predicted octanol–water partition coefficient (Wildman–Crippen LogP) is 3.05. The largest absolute Gasteiger partial charge is 0.291 e. The van der Waals surface area contributed by atoms with Gasteiger partial charge in [0.25, 0.3) is 0 Å². The third-order valence-electron chi connectivity index (χ3n) is 3.72. The Hall–Kier alpha value is -2.04. The van der Waals surface area contributed by atoms with Gasteiger partial charge in [0.2, 0.25) is 11.6 Å². The summed E-state index contributed by atoms with van der Waals surface area (Å²) in [5.41, 5.74) is -0.574. The number of nitrogens with zero attached hydrogens (tertiary/aromatic N) is 3. The second-order valence-electron chi connectivity index (χ2n) is 5.31. The van der Waals surface area contributed by atoms with Crippen LogP contribution in [0.15, 0.2) is 30.3 Å². The van der Waals surface area contributed by atoms with Crippen molar-refractivity contribution in [3.8, 4) is 0 Å². The molecule has 2 heterocycles. The Kier molecular flexibility index (Phi) is 2.92. The molecule has 104 valence electrons. The highest BCUT2D eigenvalue weighted by atomic mass is 19.1. The minimum absolute atomic E-state index is 0.118. The molecule has 2 unspecified atom stereocenters. The van der Waals surface area contributed by atoms with Gasteiger partial charge >= 0.3 is 0 Å². The van der Waals surface area contributed by atoms with Crippen LogP contribution in [0.4, 0.5) is 4.39 Å². The average Bonchev–Trinajstić information content (AvgIpc) is 2.99. The number of ketones is 1. The highest BCUT2D eigenvalue weighted by Gasteiger charge is 2.45. The molecule has 0 aliphatic carbocycles. The van der Waals surface area contributed by atoms with Crippen molar-refractivity contribution >= 4 is 5.78 Å². The lowest BCUT2D eigenvalue weighted by Gasteiger charge is -2.13. The smallest absolute Gasteiger partial charge is 0.217 e. The van der Waals surface area contributed by atoms with Crippen LogP contribution in [0.25, 0.3) is 0 Å². The average molecular weight is 273 g/mol. The SMILES string of the molecule is CCC(=O)c1nc2n(n1)C(c1ccccc1)CC2(C)F. The molecule has 0 N–H and O–H groups in total. The Labute approximate surface area is 116 Å². The number of aromatic nitrogens is 3. The zero-order chi connectivity index (χ0) is 14.3. The fourth-order valence-electron chi connectivity index (χ4n) is 2.65. The lowest BCUT2D eigenvalue weighted by molar-refractivity contribution is 0.0976. The minimum Gasteiger partial charge on any atom is -0.291 e. The van der Waals surface area contributed by atoms with Gasteiger partial charge in [0.15, 0.2) is 11.5 Å². The van der Waals surface area contributed by atoms with Crippen molar-refractivity contribution in [2.24, 2.45) is 0 Å².